The van der Waals surface area contributed by atoms with E-state index in [0.29, 0.717) is 5.56 Å². The van der Waals surface area contributed by atoms with Gasteiger partial charge in [0.25, 0.3) is 0 Å². The molecular formula is C14H11NO2. The SMILES string of the molecule is Cc1cc2[nH]c3ccccc3c2cc1C(=O)O. The molecule has 0 aliphatic rings. The molecule has 0 radical (unpaired) electrons. The van der Waals surface area contributed by atoms with Gasteiger partial charge in [0.15, 0.2) is 0 Å². The number of carbonyl (C=O) groups is 1. The summed E-state index contributed by atoms with van der Waals surface area (Å²) in [7, 11) is 0. The number of nitrogens with one attached hydrogen (secondary N) is 1. The van der Waals surface area contributed by atoms with E-state index in [1.54, 1.807) is 6.07 Å². The van der Waals surface area contributed by atoms with Gasteiger partial charge in [0.2, 0.25) is 0 Å². The van der Waals surface area contributed by atoms with Crippen LogP contribution in [0.1, 0.15) is 15.9 Å². The first-order valence-electron chi connectivity index (χ1n) is 5.41. The number of aromatic nitrogens is 1. The number of hydrogen-bond donors (Lipinski definition) is 2. The summed E-state index contributed by atoms with van der Waals surface area (Å²) in [5.74, 6) is -0.880. The Kier molecular flexibility index (Phi) is 1.95. The first kappa shape index (κ1) is 9.90. The van der Waals surface area contributed by atoms with Crippen LogP contribution in [0.15, 0.2) is 36.4 Å². The van der Waals surface area contributed by atoms with Crippen molar-refractivity contribution in [1.29, 1.82) is 0 Å². The molecule has 1 aromatic heterocycles. The number of aryl methyl sites for hydroxylation is 1. The quantitative estimate of drug-likeness (QED) is 0.667. The zero-order valence-corrected chi connectivity index (χ0v) is 9.32. The van der Waals surface area contributed by atoms with Crippen molar-refractivity contribution in [3.05, 3.63) is 47.5 Å². The van der Waals surface area contributed by atoms with Gasteiger partial charge in [-0.15, -0.1) is 0 Å². The van der Waals surface area contributed by atoms with E-state index < -0.39 is 5.97 Å². The third kappa shape index (κ3) is 1.40. The van der Waals surface area contributed by atoms with E-state index in [-0.39, 0.29) is 0 Å². The van der Waals surface area contributed by atoms with E-state index in [4.69, 9.17) is 5.11 Å². The van der Waals surface area contributed by atoms with Crippen LogP contribution in [-0.2, 0) is 0 Å². The number of H-pyrrole nitrogens is 1. The molecule has 0 saturated carbocycles. The Morgan fingerprint density at radius 3 is 2.65 bits per heavy atom. The van der Waals surface area contributed by atoms with E-state index in [1.807, 2.05) is 37.3 Å². The largest absolute Gasteiger partial charge is 0.478 e. The number of benzene rings is 2. The van der Waals surface area contributed by atoms with Crippen molar-refractivity contribution in [3.8, 4) is 0 Å². The molecule has 3 nitrogen and oxygen atoms in total. The Bertz CT molecular complexity index is 740. The molecule has 0 amide bonds. The maximum absolute atomic E-state index is 11.1. The van der Waals surface area contributed by atoms with Gasteiger partial charge in [0.1, 0.15) is 0 Å². The first-order valence-corrected chi connectivity index (χ1v) is 5.41. The van der Waals surface area contributed by atoms with Crippen LogP contribution < -0.4 is 0 Å². The molecule has 3 rings (SSSR count). The predicted molar refractivity (Wildman–Crippen MR) is 67.5 cm³/mol. The summed E-state index contributed by atoms with van der Waals surface area (Å²) < 4.78 is 0. The fraction of sp³-hybridized carbons (Fsp3) is 0.0714. The zero-order valence-electron chi connectivity index (χ0n) is 9.32. The Labute approximate surface area is 97.7 Å². The van der Waals surface area contributed by atoms with Crippen molar-refractivity contribution >= 4 is 27.8 Å². The Hall–Kier alpha value is -2.29. The number of carboxylic acids is 1. The van der Waals surface area contributed by atoms with Gasteiger partial charge in [-0.25, -0.2) is 4.79 Å². The first-order chi connectivity index (χ1) is 8.16. The van der Waals surface area contributed by atoms with Crippen LogP contribution in [0.3, 0.4) is 0 Å². The highest BCUT2D eigenvalue weighted by atomic mass is 16.4. The van der Waals surface area contributed by atoms with Crippen molar-refractivity contribution < 1.29 is 9.90 Å². The van der Waals surface area contributed by atoms with Gasteiger partial charge < -0.3 is 10.1 Å². The second-order valence-corrected chi connectivity index (χ2v) is 4.19. The van der Waals surface area contributed by atoms with Crippen LogP contribution in [0.4, 0.5) is 0 Å². The molecule has 17 heavy (non-hydrogen) atoms. The molecule has 0 atom stereocenters. The Morgan fingerprint density at radius 2 is 1.88 bits per heavy atom. The molecular weight excluding hydrogens is 214 g/mol. The second kappa shape index (κ2) is 3.35. The van der Waals surface area contributed by atoms with E-state index in [2.05, 4.69) is 4.98 Å². The van der Waals surface area contributed by atoms with E-state index in [1.165, 1.54) is 0 Å². The van der Waals surface area contributed by atoms with Gasteiger partial charge in [-0.1, -0.05) is 18.2 Å². The average Bonchev–Trinajstić information content (AvgIpc) is 2.64. The molecule has 3 aromatic rings. The van der Waals surface area contributed by atoms with Crippen molar-refractivity contribution in [2.45, 2.75) is 6.92 Å². The van der Waals surface area contributed by atoms with Gasteiger partial charge in [0, 0.05) is 21.8 Å². The molecule has 3 heteroatoms. The second-order valence-electron chi connectivity index (χ2n) is 4.19. The Morgan fingerprint density at radius 1 is 1.12 bits per heavy atom. The van der Waals surface area contributed by atoms with Crippen LogP contribution in [0.5, 0.6) is 0 Å². The third-order valence-electron chi connectivity index (χ3n) is 3.08. The average molecular weight is 225 g/mol. The van der Waals surface area contributed by atoms with Gasteiger partial charge in [-0.2, -0.15) is 0 Å². The number of aromatic amines is 1. The molecule has 1 heterocycles. The van der Waals surface area contributed by atoms with Gasteiger partial charge in [-0.3, -0.25) is 0 Å². The summed E-state index contributed by atoms with van der Waals surface area (Å²) in [5, 5.41) is 11.1. The van der Waals surface area contributed by atoms with Gasteiger partial charge in [0.05, 0.1) is 5.56 Å². The van der Waals surface area contributed by atoms with Crippen molar-refractivity contribution in [3.63, 3.8) is 0 Å². The summed E-state index contributed by atoms with van der Waals surface area (Å²) >= 11 is 0. The minimum atomic E-state index is -0.880. The maximum atomic E-state index is 11.1. The van der Waals surface area contributed by atoms with Crippen LogP contribution in [0.25, 0.3) is 21.8 Å². The standard InChI is InChI=1S/C14H11NO2/c1-8-6-13-11(7-10(8)14(16)17)9-4-2-3-5-12(9)15-13/h2-7,15H,1H3,(H,16,17). The Balaban J connectivity index is 2.47. The number of hydrogen-bond acceptors (Lipinski definition) is 1. The van der Waals surface area contributed by atoms with Crippen LogP contribution in [0, 0.1) is 6.92 Å². The molecule has 2 aromatic carbocycles. The molecule has 0 aliphatic carbocycles. The fourth-order valence-corrected chi connectivity index (χ4v) is 2.24. The number of rotatable bonds is 1. The summed E-state index contributed by atoms with van der Waals surface area (Å²) in [6, 6.07) is 11.5. The molecule has 0 unspecified atom stereocenters. The minimum absolute atomic E-state index is 0.363. The highest BCUT2D eigenvalue weighted by Gasteiger charge is 2.11. The molecule has 0 spiro atoms. The van der Waals surface area contributed by atoms with E-state index in [9.17, 15) is 4.79 Å². The lowest BCUT2D eigenvalue weighted by atomic mass is 10.0. The smallest absolute Gasteiger partial charge is 0.335 e. The highest BCUT2D eigenvalue weighted by molar-refractivity contribution is 6.09. The minimum Gasteiger partial charge on any atom is -0.478 e. The van der Waals surface area contributed by atoms with Crippen LogP contribution in [-0.4, -0.2) is 16.1 Å². The molecule has 84 valence electrons. The van der Waals surface area contributed by atoms with Crippen molar-refractivity contribution in [2.24, 2.45) is 0 Å². The lowest BCUT2D eigenvalue weighted by Crippen LogP contribution is -1.98. The van der Waals surface area contributed by atoms with E-state index in [0.717, 1.165) is 27.4 Å². The van der Waals surface area contributed by atoms with Crippen molar-refractivity contribution in [2.75, 3.05) is 0 Å². The van der Waals surface area contributed by atoms with E-state index >= 15 is 0 Å². The zero-order chi connectivity index (χ0) is 12.0. The van der Waals surface area contributed by atoms with Gasteiger partial charge >= 0.3 is 5.97 Å². The molecule has 2 N–H and O–H groups in total. The molecule has 0 bridgehead atoms. The van der Waals surface area contributed by atoms with Crippen molar-refractivity contribution in [1.82, 2.24) is 4.98 Å². The summed E-state index contributed by atoms with van der Waals surface area (Å²) in [5.41, 5.74) is 3.15. The number of carboxylic acid groups (broad SMARTS) is 1. The summed E-state index contributed by atoms with van der Waals surface area (Å²) in [6.07, 6.45) is 0. The maximum Gasteiger partial charge on any atom is 0.335 e. The molecule has 0 saturated heterocycles. The normalized spacial score (nSPS) is 11.1. The number of para-hydroxylation sites is 1. The summed E-state index contributed by atoms with van der Waals surface area (Å²) in [6.45, 7) is 1.81. The monoisotopic (exact) mass is 225 g/mol. The third-order valence-corrected chi connectivity index (χ3v) is 3.08. The number of fused-ring (bicyclic) bond motifs is 3. The summed E-state index contributed by atoms with van der Waals surface area (Å²) in [4.78, 5) is 14.4. The number of aromatic carboxylic acids is 1. The fourth-order valence-electron chi connectivity index (χ4n) is 2.24. The highest BCUT2D eigenvalue weighted by Crippen LogP contribution is 2.27. The molecule has 0 aliphatic heterocycles. The van der Waals surface area contributed by atoms with Gasteiger partial charge in [-0.05, 0) is 30.7 Å². The topological polar surface area (TPSA) is 53.1 Å². The lowest BCUT2D eigenvalue weighted by molar-refractivity contribution is 0.0696. The van der Waals surface area contributed by atoms with Crippen LogP contribution >= 0.6 is 0 Å². The molecule has 0 fully saturated rings. The predicted octanol–water partition coefficient (Wildman–Crippen LogP) is 3.33. The lowest BCUT2D eigenvalue weighted by Gasteiger charge is -2.00. The van der Waals surface area contributed by atoms with Crippen LogP contribution in [0.2, 0.25) is 0 Å².